The fourth-order valence-electron chi connectivity index (χ4n) is 2.92. The van der Waals surface area contributed by atoms with Crippen LogP contribution < -0.4 is 10.2 Å². The lowest BCUT2D eigenvalue weighted by Gasteiger charge is -2.19. The first kappa shape index (κ1) is 15.9. The van der Waals surface area contributed by atoms with E-state index < -0.39 is 0 Å². The second-order valence-electron chi connectivity index (χ2n) is 5.96. The molecule has 1 aromatic heterocycles. The molecule has 0 bridgehead atoms. The monoisotopic (exact) mass is 332 g/mol. The number of furan rings is 1. The Hall–Kier alpha value is -1.94. The van der Waals surface area contributed by atoms with Gasteiger partial charge in [0.05, 0.1) is 6.26 Å². The summed E-state index contributed by atoms with van der Waals surface area (Å²) in [6, 6.07) is 11.7. The Balaban J connectivity index is 1.39. The topological polar surface area (TPSA) is 45.5 Å². The van der Waals surface area contributed by atoms with Crippen molar-refractivity contribution in [2.24, 2.45) is 5.92 Å². The van der Waals surface area contributed by atoms with Gasteiger partial charge in [-0.1, -0.05) is 11.6 Å². The average Bonchev–Trinajstić information content (AvgIpc) is 3.23. The Morgan fingerprint density at radius 2 is 2.13 bits per heavy atom. The van der Waals surface area contributed by atoms with Gasteiger partial charge >= 0.3 is 0 Å². The molecule has 2 aromatic rings. The third kappa shape index (κ3) is 4.52. The number of carbonyl (C=O) groups is 1. The van der Waals surface area contributed by atoms with Crippen molar-refractivity contribution in [2.45, 2.75) is 19.3 Å². The Bertz CT molecular complexity index is 625. The van der Waals surface area contributed by atoms with Crippen LogP contribution in [0.5, 0.6) is 0 Å². The van der Waals surface area contributed by atoms with E-state index in [1.54, 1.807) is 6.26 Å². The lowest BCUT2D eigenvalue weighted by molar-refractivity contribution is -0.121. The quantitative estimate of drug-likeness (QED) is 0.880. The summed E-state index contributed by atoms with van der Waals surface area (Å²) < 4.78 is 5.24. The summed E-state index contributed by atoms with van der Waals surface area (Å²) in [6.45, 7) is 2.73. The van der Waals surface area contributed by atoms with Crippen LogP contribution in [0.15, 0.2) is 47.1 Å². The number of amides is 1. The fraction of sp³-hybridized carbons (Fsp3) is 0.389. The standard InChI is InChI=1S/C18H21ClN2O2/c19-15-3-5-16(6-4-15)21-10-9-14(13-21)12-20-18(22)8-7-17-2-1-11-23-17/h1-6,11,14H,7-10,12-13H2,(H,20,22)/t14-/m0/s1. The van der Waals surface area contributed by atoms with E-state index in [0.29, 0.717) is 18.8 Å². The molecule has 1 atom stereocenters. The van der Waals surface area contributed by atoms with Crippen molar-refractivity contribution in [3.8, 4) is 0 Å². The molecule has 1 saturated heterocycles. The number of halogens is 1. The molecule has 0 radical (unpaired) electrons. The van der Waals surface area contributed by atoms with Gasteiger partial charge in [-0.15, -0.1) is 0 Å². The smallest absolute Gasteiger partial charge is 0.220 e. The molecule has 1 aliphatic heterocycles. The SMILES string of the molecule is O=C(CCc1ccco1)NC[C@@H]1CCN(c2ccc(Cl)cc2)C1. The van der Waals surface area contributed by atoms with E-state index >= 15 is 0 Å². The van der Waals surface area contributed by atoms with Gasteiger partial charge in [-0.3, -0.25) is 4.79 Å². The summed E-state index contributed by atoms with van der Waals surface area (Å²) >= 11 is 5.93. The molecule has 0 spiro atoms. The molecule has 122 valence electrons. The number of anilines is 1. The zero-order chi connectivity index (χ0) is 16.1. The van der Waals surface area contributed by atoms with Gasteiger partial charge in [-0.05, 0) is 48.7 Å². The van der Waals surface area contributed by atoms with Gasteiger partial charge in [0.15, 0.2) is 0 Å². The molecular formula is C18H21ClN2O2. The highest BCUT2D eigenvalue weighted by Crippen LogP contribution is 2.24. The summed E-state index contributed by atoms with van der Waals surface area (Å²) in [5.41, 5.74) is 1.20. The molecule has 23 heavy (non-hydrogen) atoms. The highest BCUT2D eigenvalue weighted by Gasteiger charge is 2.23. The predicted molar refractivity (Wildman–Crippen MR) is 91.8 cm³/mol. The summed E-state index contributed by atoms with van der Waals surface area (Å²) in [4.78, 5) is 14.2. The summed E-state index contributed by atoms with van der Waals surface area (Å²) in [6.07, 6.45) is 3.86. The first-order valence-electron chi connectivity index (χ1n) is 8.00. The van der Waals surface area contributed by atoms with Crippen molar-refractivity contribution in [3.63, 3.8) is 0 Å². The van der Waals surface area contributed by atoms with E-state index in [9.17, 15) is 4.79 Å². The van der Waals surface area contributed by atoms with Crippen molar-refractivity contribution in [2.75, 3.05) is 24.5 Å². The van der Waals surface area contributed by atoms with Gasteiger partial charge < -0.3 is 14.6 Å². The number of hydrogen-bond acceptors (Lipinski definition) is 3. The van der Waals surface area contributed by atoms with Crippen molar-refractivity contribution in [1.82, 2.24) is 5.32 Å². The van der Waals surface area contributed by atoms with E-state index in [0.717, 1.165) is 36.8 Å². The van der Waals surface area contributed by atoms with Crippen molar-refractivity contribution >= 4 is 23.2 Å². The summed E-state index contributed by atoms with van der Waals surface area (Å²) in [5.74, 6) is 1.44. The highest BCUT2D eigenvalue weighted by molar-refractivity contribution is 6.30. The molecule has 1 aliphatic rings. The van der Waals surface area contributed by atoms with Gasteiger partial charge in [0.1, 0.15) is 5.76 Å². The summed E-state index contributed by atoms with van der Waals surface area (Å²) in [7, 11) is 0. The predicted octanol–water partition coefficient (Wildman–Crippen LogP) is 3.51. The van der Waals surface area contributed by atoms with Gasteiger partial charge in [0, 0.05) is 43.2 Å². The van der Waals surface area contributed by atoms with Gasteiger partial charge in [0.25, 0.3) is 0 Å². The maximum Gasteiger partial charge on any atom is 0.220 e. The third-order valence-corrected chi connectivity index (χ3v) is 4.50. The Labute approximate surface area is 141 Å². The van der Waals surface area contributed by atoms with E-state index in [1.165, 1.54) is 5.69 Å². The van der Waals surface area contributed by atoms with Crippen molar-refractivity contribution in [3.05, 3.63) is 53.4 Å². The van der Waals surface area contributed by atoms with Crippen LogP contribution in [0, 0.1) is 5.92 Å². The Kier molecular flexibility index (Phi) is 5.23. The maximum absolute atomic E-state index is 11.9. The normalized spacial score (nSPS) is 17.4. The minimum absolute atomic E-state index is 0.0892. The molecule has 0 aliphatic carbocycles. The number of aryl methyl sites for hydroxylation is 1. The molecule has 1 fully saturated rings. The Morgan fingerprint density at radius 3 is 2.87 bits per heavy atom. The second kappa shape index (κ2) is 7.55. The van der Waals surface area contributed by atoms with Crippen LogP contribution >= 0.6 is 11.6 Å². The van der Waals surface area contributed by atoms with E-state index in [1.807, 2.05) is 36.4 Å². The Morgan fingerprint density at radius 1 is 1.30 bits per heavy atom. The van der Waals surface area contributed by atoms with Crippen LogP contribution in [-0.2, 0) is 11.2 Å². The zero-order valence-corrected chi connectivity index (χ0v) is 13.8. The van der Waals surface area contributed by atoms with Crippen LogP contribution in [0.25, 0.3) is 0 Å². The number of nitrogens with one attached hydrogen (secondary N) is 1. The highest BCUT2D eigenvalue weighted by atomic mass is 35.5. The number of carbonyl (C=O) groups excluding carboxylic acids is 1. The molecule has 1 N–H and O–H groups in total. The largest absolute Gasteiger partial charge is 0.469 e. The van der Waals surface area contributed by atoms with Crippen LogP contribution in [0.1, 0.15) is 18.6 Å². The molecular weight excluding hydrogens is 312 g/mol. The van der Waals surface area contributed by atoms with E-state index in [-0.39, 0.29) is 5.91 Å². The van der Waals surface area contributed by atoms with Crippen LogP contribution in [0.2, 0.25) is 5.02 Å². The van der Waals surface area contributed by atoms with Crippen molar-refractivity contribution in [1.29, 1.82) is 0 Å². The lowest BCUT2D eigenvalue weighted by Crippen LogP contribution is -2.31. The fourth-order valence-corrected chi connectivity index (χ4v) is 3.05. The van der Waals surface area contributed by atoms with Gasteiger partial charge in [0.2, 0.25) is 5.91 Å². The van der Waals surface area contributed by atoms with Gasteiger partial charge in [-0.2, -0.15) is 0 Å². The number of rotatable bonds is 6. The number of nitrogens with zero attached hydrogens (tertiary/aromatic N) is 1. The average molecular weight is 333 g/mol. The van der Waals surface area contributed by atoms with Crippen molar-refractivity contribution < 1.29 is 9.21 Å². The van der Waals surface area contributed by atoms with Crippen LogP contribution in [0.3, 0.4) is 0 Å². The first-order chi connectivity index (χ1) is 11.2. The minimum atomic E-state index is 0.0892. The molecule has 0 unspecified atom stereocenters. The number of benzene rings is 1. The van der Waals surface area contributed by atoms with Crippen LogP contribution in [0.4, 0.5) is 5.69 Å². The van der Waals surface area contributed by atoms with Crippen LogP contribution in [-0.4, -0.2) is 25.5 Å². The van der Waals surface area contributed by atoms with Gasteiger partial charge in [-0.25, -0.2) is 0 Å². The number of hydrogen-bond donors (Lipinski definition) is 1. The molecule has 1 aromatic carbocycles. The lowest BCUT2D eigenvalue weighted by atomic mass is 10.1. The minimum Gasteiger partial charge on any atom is -0.469 e. The summed E-state index contributed by atoms with van der Waals surface area (Å²) in [5, 5.41) is 3.80. The molecule has 1 amide bonds. The maximum atomic E-state index is 11.9. The third-order valence-electron chi connectivity index (χ3n) is 4.24. The molecule has 0 saturated carbocycles. The molecule has 3 rings (SSSR count). The second-order valence-corrected chi connectivity index (χ2v) is 6.40. The molecule has 4 nitrogen and oxygen atoms in total. The first-order valence-corrected chi connectivity index (χ1v) is 8.38. The molecule has 2 heterocycles. The van der Waals surface area contributed by atoms with E-state index in [4.69, 9.17) is 16.0 Å². The molecule has 5 heteroatoms. The zero-order valence-electron chi connectivity index (χ0n) is 13.0. The van der Waals surface area contributed by atoms with E-state index in [2.05, 4.69) is 10.2 Å².